The number of hydrogen-bond donors (Lipinski definition) is 0. The second kappa shape index (κ2) is 6.68. The van der Waals surface area contributed by atoms with Gasteiger partial charge in [0.1, 0.15) is 5.67 Å². The van der Waals surface area contributed by atoms with E-state index in [1.807, 2.05) is 38.1 Å². The van der Waals surface area contributed by atoms with Crippen molar-refractivity contribution in [2.75, 3.05) is 13.1 Å². The number of carbonyl (C=O) groups excluding carboxylic acids is 1. The average molecular weight is 336 g/mol. The highest BCUT2D eigenvalue weighted by Gasteiger charge is 2.37. The molecule has 0 atom stereocenters. The van der Waals surface area contributed by atoms with Crippen molar-refractivity contribution < 1.29 is 9.18 Å². The van der Waals surface area contributed by atoms with Crippen LogP contribution < -0.4 is 0 Å². The van der Waals surface area contributed by atoms with Gasteiger partial charge in [0.25, 0.3) is 5.91 Å². The van der Waals surface area contributed by atoms with Crippen molar-refractivity contribution in [3.8, 4) is 6.07 Å². The summed E-state index contributed by atoms with van der Waals surface area (Å²) in [6.07, 6.45) is 0.547. The number of halogens is 1. The predicted octanol–water partition coefficient (Wildman–Crippen LogP) is 4.28. The summed E-state index contributed by atoms with van der Waals surface area (Å²) in [7, 11) is 0. The molecule has 128 valence electrons. The van der Waals surface area contributed by atoms with Crippen molar-refractivity contribution in [1.82, 2.24) is 4.90 Å². The molecule has 1 heterocycles. The number of likely N-dealkylation sites (tertiary alicyclic amines) is 1. The third-order valence-electron chi connectivity index (χ3n) is 4.99. The molecule has 3 nitrogen and oxygen atoms in total. The number of nitrogens with zero attached hydrogens (tertiary/aromatic N) is 2. The quantitative estimate of drug-likeness (QED) is 0.822. The minimum Gasteiger partial charge on any atom is -0.338 e. The smallest absolute Gasteiger partial charge is 0.254 e. The van der Waals surface area contributed by atoms with Gasteiger partial charge in [-0.25, -0.2) is 4.39 Å². The summed E-state index contributed by atoms with van der Waals surface area (Å²) in [5.41, 5.74) is 2.44. The zero-order chi connectivity index (χ0) is 18.0. The molecule has 0 aromatic heterocycles. The van der Waals surface area contributed by atoms with Crippen LogP contribution in [0, 0.1) is 25.2 Å². The lowest BCUT2D eigenvalue weighted by Crippen LogP contribution is -2.43. The van der Waals surface area contributed by atoms with Crippen LogP contribution in [0.5, 0.6) is 0 Å². The van der Waals surface area contributed by atoms with Crippen LogP contribution >= 0.6 is 0 Å². The lowest BCUT2D eigenvalue weighted by Gasteiger charge is -2.37. The lowest BCUT2D eigenvalue weighted by molar-refractivity contribution is 0.0421. The average Bonchev–Trinajstić information content (AvgIpc) is 2.62. The van der Waals surface area contributed by atoms with Crippen LogP contribution in [0.1, 0.15) is 45.5 Å². The van der Waals surface area contributed by atoms with E-state index in [0.29, 0.717) is 29.8 Å². The Morgan fingerprint density at radius 1 is 1.12 bits per heavy atom. The van der Waals surface area contributed by atoms with Gasteiger partial charge in [-0.1, -0.05) is 29.8 Å². The number of rotatable bonds is 2. The van der Waals surface area contributed by atoms with E-state index in [2.05, 4.69) is 0 Å². The summed E-state index contributed by atoms with van der Waals surface area (Å²) in [4.78, 5) is 14.5. The van der Waals surface area contributed by atoms with E-state index in [-0.39, 0.29) is 18.7 Å². The summed E-state index contributed by atoms with van der Waals surface area (Å²) in [6, 6.07) is 14.5. The number of aryl methyl sites for hydroxylation is 2. The van der Waals surface area contributed by atoms with Crippen LogP contribution in [-0.4, -0.2) is 23.9 Å². The van der Waals surface area contributed by atoms with Crippen LogP contribution in [-0.2, 0) is 5.67 Å². The predicted molar refractivity (Wildman–Crippen MR) is 95.0 cm³/mol. The topological polar surface area (TPSA) is 44.1 Å². The van der Waals surface area contributed by atoms with E-state index >= 15 is 4.39 Å². The van der Waals surface area contributed by atoms with Crippen molar-refractivity contribution in [2.45, 2.75) is 32.4 Å². The maximum atomic E-state index is 15.3. The van der Waals surface area contributed by atoms with Crippen molar-refractivity contribution in [2.24, 2.45) is 0 Å². The molecule has 3 rings (SSSR count). The van der Waals surface area contributed by atoms with E-state index in [1.165, 1.54) is 0 Å². The second-order valence-corrected chi connectivity index (χ2v) is 6.77. The summed E-state index contributed by atoms with van der Waals surface area (Å²) < 4.78 is 15.3. The van der Waals surface area contributed by atoms with Crippen LogP contribution in [0.2, 0.25) is 0 Å². The van der Waals surface area contributed by atoms with E-state index in [4.69, 9.17) is 5.26 Å². The number of hydrogen-bond acceptors (Lipinski definition) is 2. The van der Waals surface area contributed by atoms with Crippen molar-refractivity contribution >= 4 is 5.91 Å². The first-order valence-electron chi connectivity index (χ1n) is 8.49. The number of nitriles is 1. The van der Waals surface area contributed by atoms with Gasteiger partial charge in [-0.15, -0.1) is 0 Å². The second-order valence-electron chi connectivity index (χ2n) is 6.77. The van der Waals surface area contributed by atoms with Crippen LogP contribution in [0.25, 0.3) is 0 Å². The number of piperidine rings is 1. The number of alkyl halides is 1. The molecule has 0 bridgehead atoms. The first-order chi connectivity index (χ1) is 11.9. The van der Waals surface area contributed by atoms with Crippen LogP contribution in [0.3, 0.4) is 0 Å². The van der Waals surface area contributed by atoms with Gasteiger partial charge in [0, 0.05) is 31.5 Å². The molecule has 0 aliphatic carbocycles. The molecule has 0 radical (unpaired) electrons. The molecule has 0 N–H and O–H groups in total. The Kier molecular flexibility index (Phi) is 4.59. The van der Waals surface area contributed by atoms with E-state index in [9.17, 15) is 4.79 Å². The highest BCUT2D eigenvalue weighted by Crippen LogP contribution is 2.37. The molecule has 1 amide bonds. The standard InChI is InChI=1S/C21H21FN2O/c1-15-3-8-19(16(2)13-15)20(25)24-11-9-21(22,10-12-24)18-6-4-17(14-23)5-7-18/h3-8,13H,9-12H2,1-2H3. The van der Waals surface area contributed by atoms with Crippen molar-refractivity contribution in [1.29, 1.82) is 5.26 Å². The van der Waals surface area contributed by atoms with Crippen molar-refractivity contribution in [3.05, 3.63) is 70.3 Å². The van der Waals surface area contributed by atoms with E-state index < -0.39 is 5.67 Å². The molecule has 1 fully saturated rings. The number of amides is 1. The van der Waals surface area contributed by atoms with Gasteiger partial charge >= 0.3 is 0 Å². The Morgan fingerprint density at radius 3 is 2.32 bits per heavy atom. The maximum absolute atomic E-state index is 15.3. The molecular formula is C21H21FN2O. The minimum atomic E-state index is -1.44. The largest absolute Gasteiger partial charge is 0.338 e. The third-order valence-corrected chi connectivity index (χ3v) is 4.99. The Balaban J connectivity index is 1.72. The Labute approximate surface area is 147 Å². The first-order valence-corrected chi connectivity index (χ1v) is 8.49. The summed E-state index contributed by atoms with van der Waals surface area (Å²) >= 11 is 0. The monoisotopic (exact) mass is 336 g/mol. The molecule has 0 saturated carbocycles. The van der Waals surface area contributed by atoms with Gasteiger partial charge in [0.15, 0.2) is 0 Å². The summed E-state index contributed by atoms with van der Waals surface area (Å²) in [5, 5.41) is 8.86. The molecule has 2 aromatic carbocycles. The number of carbonyl (C=O) groups is 1. The van der Waals surface area contributed by atoms with Gasteiger partial charge in [-0.3, -0.25) is 4.79 Å². The van der Waals surface area contributed by atoms with Crippen LogP contribution in [0.4, 0.5) is 4.39 Å². The molecular weight excluding hydrogens is 315 g/mol. The number of benzene rings is 2. The molecule has 25 heavy (non-hydrogen) atoms. The Hall–Kier alpha value is -2.67. The fourth-order valence-corrected chi connectivity index (χ4v) is 3.42. The first kappa shape index (κ1) is 17.2. The highest BCUT2D eigenvalue weighted by atomic mass is 19.1. The molecule has 1 aliphatic heterocycles. The molecule has 4 heteroatoms. The van der Waals surface area contributed by atoms with E-state index in [1.54, 1.807) is 29.2 Å². The fraction of sp³-hybridized carbons (Fsp3) is 0.333. The summed E-state index contributed by atoms with van der Waals surface area (Å²) in [5.74, 6) is -0.0284. The van der Waals surface area contributed by atoms with Crippen molar-refractivity contribution in [3.63, 3.8) is 0 Å². The highest BCUT2D eigenvalue weighted by molar-refractivity contribution is 5.95. The van der Waals surface area contributed by atoms with Gasteiger partial charge < -0.3 is 4.90 Å². The maximum Gasteiger partial charge on any atom is 0.254 e. The zero-order valence-corrected chi connectivity index (χ0v) is 14.6. The van der Waals surface area contributed by atoms with E-state index in [0.717, 1.165) is 11.1 Å². The lowest BCUT2D eigenvalue weighted by atomic mass is 9.85. The molecule has 1 saturated heterocycles. The van der Waals surface area contributed by atoms with Gasteiger partial charge in [0.05, 0.1) is 11.6 Å². The van der Waals surface area contributed by atoms with Gasteiger partial charge in [-0.2, -0.15) is 5.26 Å². The minimum absolute atomic E-state index is 0.0284. The fourth-order valence-electron chi connectivity index (χ4n) is 3.42. The normalized spacial score (nSPS) is 16.3. The van der Waals surface area contributed by atoms with Crippen LogP contribution in [0.15, 0.2) is 42.5 Å². The molecule has 1 aliphatic rings. The van der Waals surface area contributed by atoms with Gasteiger partial charge in [0.2, 0.25) is 0 Å². The zero-order valence-electron chi connectivity index (χ0n) is 14.6. The van der Waals surface area contributed by atoms with Gasteiger partial charge in [-0.05, 0) is 43.2 Å². The summed E-state index contributed by atoms with van der Waals surface area (Å²) in [6.45, 7) is 4.71. The Morgan fingerprint density at radius 2 is 1.76 bits per heavy atom. The SMILES string of the molecule is Cc1ccc(C(=O)N2CCC(F)(c3ccc(C#N)cc3)CC2)c(C)c1. The molecule has 2 aromatic rings. The third kappa shape index (κ3) is 3.41. The molecule has 0 unspecified atom stereocenters. The Bertz CT molecular complexity index is 828. The molecule has 0 spiro atoms.